The number of allylic oxidation sites excluding steroid dienone is 1. The molecule has 8 rings (SSSR count). The number of carbonyl (C=O) groups excluding carboxylic acids is 1. The number of likely N-dealkylation sites (tertiary alicyclic amines) is 1. The number of para-hydroxylation sites is 1. The van der Waals surface area contributed by atoms with Crippen LogP contribution in [0.1, 0.15) is 55.5 Å². The normalized spacial score (nSPS) is 18.8. The third kappa shape index (κ3) is 9.87. The molecule has 12 nitrogen and oxygen atoms in total. The summed E-state index contributed by atoms with van der Waals surface area (Å²) in [5, 5.41) is 0.624. The summed E-state index contributed by atoms with van der Waals surface area (Å²) < 4.78 is 68.1. The van der Waals surface area contributed by atoms with Crippen LogP contribution in [0.3, 0.4) is 0 Å². The molecule has 5 aromatic rings. The van der Waals surface area contributed by atoms with Crippen molar-refractivity contribution in [3.8, 4) is 17.4 Å². The molecular formula is C45H49Cl2F2N7O5S. The van der Waals surface area contributed by atoms with Gasteiger partial charge < -0.3 is 19.4 Å². The van der Waals surface area contributed by atoms with Gasteiger partial charge in [0.1, 0.15) is 40.6 Å². The van der Waals surface area contributed by atoms with E-state index in [1.807, 2.05) is 18.2 Å². The molecule has 62 heavy (non-hydrogen) atoms. The first kappa shape index (κ1) is 43.8. The molecular weight excluding hydrogens is 860 g/mol. The molecule has 0 bridgehead atoms. The fourth-order valence-corrected chi connectivity index (χ4v) is 9.81. The summed E-state index contributed by atoms with van der Waals surface area (Å²) in [6, 6.07) is 18.9. The second-order valence-corrected chi connectivity index (χ2v) is 19.4. The number of hydrogen-bond acceptors (Lipinski definition) is 10. The Balaban J connectivity index is 0.985. The Hall–Kier alpha value is -4.80. The van der Waals surface area contributed by atoms with Crippen LogP contribution in [0, 0.1) is 5.41 Å². The number of nitrogens with zero attached hydrogens (tertiary/aromatic N) is 5. The summed E-state index contributed by atoms with van der Waals surface area (Å²) in [6.45, 7) is 7.72. The molecule has 2 saturated heterocycles. The summed E-state index contributed by atoms with van der Waals surface area (Å²) in [4.78, 5) is 31.5. The maximum atomic E-state index is 13.9. The summed E-state index contributed by atoms with van der Waals surface area (Å²) in [5.74, 6) is -0.434. The SMILES string of the molecule is CC1(C)CCC(CN2CCN(c3ccc(C(=O)NS(=O)(=O)c4cnc(O[C@@H]5CCN(C(CF)CF)C5)c(Cl)c4)c(Oc4cccc5[nH]cnc45)c3)CC2)=C(c2ccc(Cl)cc2)C1. The van der Waals surface area contributed by atoms with Crippen LogP contribution in [0.4, 0.5) is 14.5 Å². The molecule has 0 radical (unpaired) electrons. The third-order valence-electron chi connectivity index (χ3n) is 12.0. The van der Waals surface area contributed by atoms with Crippen LogP contribution in [0.25, 0.3) is 16.6 Å². The number of fused-ring (bicyclic) bond motifs is 1. The number of sulfonamides is 1. The Morgan fingerprint density at radius 3 is 2.50 bits per heavy atom. The van der Waals surface area contributed by atoms with E-state index >= 15 is 0 Å². The number of H-pyrrole nitrogens is 1. The number of nitrogens with one attached hydrogen (secondary N) is 2. The van der Waals surface area contributed by atoms with Crippen molar-refractivity contribution >= 4 is 61.4 Å². The first-order valence-corrected chi connectivity index (χ1v) is 23.0. The van der Waals surface area contributed by atoms with E-state index in [0.29, 0.717) is 24.2 Å². The van der Waals surface area contributed by atoms with E-state index < -0.39 is 41.4 Å². The molecule has 2 aromatic heterocycles. The van der Waals surface area contributed by atoms with E-state index in [1.54, 1.807) is 41.6 Å². The average Bonchev–Trinajstić information content (AvgIpc) is 3.94. The lowest BCUT2D eigenvalue weighted by Crippen LogP contribution is -2.47. The number of rotatable bonds is 14. The predicted molar refractivity (Wildman–Crippen MR) is 238 cm³/mol. The lowest BCUT2D eigenvalue weighted by Gasteiger charge is -2.39. The van der Waals surface area contributed by atoms with Crippen molar-refractivity contribution in [1.82, 2.24) is 29.5 Å². The second kappa shape index (κ2) is 18.5. The average molecular weight is 909 g/mol. The topological polar surface area (TPSA) is 133 Å². The quantitative estimate of drug-likeness (QED) is 0.112. The number of pyridine rings is 1. The van der Waals surface area contributed by atoms with Gasteiger partial charge in [0, 0.05) is 62.6 Å². The Bertz CT molecular complexity index is 2560. The van der Waals surface area contributed by atoms with Crippen LogP contribution in [0.2, 0.25) is 10.0 Å². The van der Waals surface area contributed by atoms with Gasteiger partial charge in [-0.05, 0) is 84.7 Å². The molecule has 1 amide bonds. The van der Waals surface area contributed by atoms with E-state index in [4.69, 9.17) is 32.7 Å². The minimum absolute atomic E-state index is 0.0185. The number of hydrogen-bond donors (Lipinski definition) is 2. The Morgan fingerprint density at radius 2 is 1.76 bits per heavy atom. The summed E-state index contributed by atoms with van der Waals surface area (Å²) in [5.41, 5.74) is 6.40. The number of aromatic nitrogens is 3. The van der Waals surface area contributed by atoms with Crippen LogP contribution in [-0.4, -0.2) is 110 Å². The predicted octanol–water partition coefficient (Wildman–Crippen LogP) is 8.72. The van der Waals surface area contributed by atoms with Crippen molar-refractivity contribution < 1.29 is 31.5 Å². The van der Waals surface area contributed by atoms with Gasteiger partial charge in [0.2, 0.25) is 5.88 Å². The highest BCUT2D eigenvalue weighted by molar-refractivity contribution is 7.90. The second-order valence-electron chi connectivity index (χ2n) is 16.9. The van der Waals surface area contributed by atoms with Gasteiger partial charge in [0.15, 0.2) is 5.75 Å². The van der Waals surface area contributed by atoms with Gasteiger partial charge in [-0.3, -0.25) is 14.6 Å². The lowest BCUT2D eigenvalue weighted by molar-refractivity contribution is 0.0979. The molecule has 0 saturated carbocycles. The molecule has 2 fully saturated rings. The number of piperazine rings is 1. The molecule has 3 aliphatic rings. The van der Waals surface area contributed by atoms with E-state index in [1.165, 1.54) is 16.7 Å². The number of halogens is 4. The minimum atomic E-state index is -4.49. The van der Waals surface area contributed by atoms with Crippen molar-refractivity contribution in [3.63, 3.8) is 0 Å². The van der Waals surface area contributed by atoms with Gasteiger partial charge >= 0.3 is 0 Å². The minimum Gasteiger partial charge on any atom is -0.472 e. The molecule has 0 spiro atoms. The van der Waals surface area contributed by atoms with Crippen molar-refractivity contribution in [3.05, 3.63) is 106 Å². The number of ether oxygens (including phenoxy) is 2. The van der Waals surface area contributed by atoms with Gasteiger partial charge in [0.25, 0.3) is 15.9 Å². The van der Waals surface area contributed by atoms with Crippen LogP contribution in [0.15, 0.2) is 89.7 Å². The number of amides is 1. The highest BCUT2D eigenvalue weighted by Crippen LogP contribution is 2.43. The summed E-state index contributed by atoms with van der Waals surface area (Å²) >= 11 is 12.7. The van der Waals surface area contributed by atoms with Gasteiger partial charge in [-0.1, -0.05) is 60.8 Å². The molecule has 328 valence electrons. The zero-order valence-corrected chi connectivity index (χ0v) is 36.9. The fraction of sp³-hybridized carbons (Fsp3) is 0.400. The molecule has 17 heteroatoms. The van der Waals surface area contributed by atoms with Crippen LogP contribution >= 0.6 is 23.2 Å². The molecule has 4 heterocycles. The number of anilines is 1. The first-order valence-electron chi connectivity index (χ1n) is 20.7. The molecule has 1 atom stereocenters. The Kier molecular flexibility index (Phi) is 13.1. The van der Waals surface area contributed by atoms with Gasteiger partial charge in [0.05, 0.1) is 29.6 Å². The Labute approximate surface area is 370 Å². The summed E-state index contributed by atoms with van der Waals surface area (Å²) in [6.07, 6.45) is 5.82. The molecule has 1 aliphatic carbocycles. The number of carbonyl (C=O) groups is 1. The first-order chi connectivity index (χ1) is 29.8. The molecule has 3 aromatic carbocycles. The maximum absolute atomic E-state index is 13.9. The zero-order valence-electron chi connectivity index (χ0n) is 34.6. The van der Waals surface area contributed by atoms with Crippen molar-refractivity contribution in [2.75, 3.05) is 64.1 Å². The maximum Gasteiger partial charge on any atom is 0.268 e. The number of imidazole rings is 1. The van der Waals surface area contributed by atoms with E-state index in [9.17, 15) is 22.0 Å². The molecule has 0 unspecified atom stereocenters. The van der Waals surface area contributed by atoms with Crippen LogP contribution < -0.4 is 19.1 Å². The van der Waals surface area contributed by atoms with Crippen molar-refractivity contribution in [2.24, 2.45) is 5.41 Å². The number of aromatic amines is 1. The van der Waals surface area contributed by atoms with E-state index in [2.05, 4.69) is 55.5 Å². The largest absolute Gasteiger partial charge is 0.472 e. The fourth-order valence-electron chi connectivity index (χ4n) is 8.47. The summed E-state index contributed by atoms with van der Waals surface area (Å²) in [7, 11) is -4.49. The van der Waals surface area contributed by atoms with Crippen molar-refractivity contribution in [1.29, 1.82) is 0 Å². The smallest absolute Gasteiger partial charge is 0.268 e. The van der Waals surface area contributed by atoms with E-state index in [0.717, 1.165) is 80.5 Å². The molecule has 2 aliphatic heterocycles. The third-order valence-corrected chi connectivity index (χ3v) is 13.8. The number of benzene rings is 3. The van der Waals surface area contributed by atoms with Crippen molar-refractivity contribution in [2.45, 2.75) is 56.6 Å². The lowest BCUT2D eigenvalue weighted by atomic mass is 9.72. The standard InChI is InChI=1S/C45H49Cl2F2N7O5S/c1-45(2)14-12-30(37(22-45)29-6-8-31(46)9-7-29)26-54-16-18-55(19-17-54)32-10-11-36(41(20-32)61-40-5-3-4-39-42(40)52-28-51-39)43(57)53-62(58,59)35-21-38(47)44(50-25-35)60-34-13-15-56(27-34)33(23-48)24-49/h3-11,20-21,25,28,33-34H,12-19,22-24,26-27H2,1-2H3,(H,51,52)(H,53,57)/t34-/m1/s1. The Morgan fingerprint density at radius 1 is 0.984 bits per heavy atom. The highest BCUT2D eigenvalue weighted by Gasteiger charge is 2.32. The van der Waals surface area contributed by atoms with Gasteiger partial charge in [-0.2, -0.15) is 0 Å². The van der Waals surface area contributed by atoms with Gasteiger partial charge in [-0.25, -0.2) is 31.9 Å². The number of alkyl halides is 2. The zero-order chi connectivity index (χ0) is 43.6. The van der Waals surface area contributed by atoms with Crippen LogP contribution in [0.5, 0.6) is 17.4 Å². The highest BCUT2D eigenvalue weighted by atomic mass is 35.5. The monoisotopic (exact) mass is 907 g/mol. The van der Waals surface area contributed by atoms with Crippen LogP contribution in [-0.2, 0) is 10.0 Å². The van der Waals surface area contributed by atoms with E-state index in [-0.39, 0.29) is 39.1 Å². The molecule has 2 N–H and O–H groups in total. The van der Waals surface area contributed by atoms with Gasteiger partial charge in [-0.15, -0.1) is 0 Å².